The van der Waals surface area contributed by atoms with Crippen molar-refractivity contribution < 1.29 is 4.39 Å². The van der Waals surface area contributed by atoms with Gasteiger partial charge in [-0.2, -0.15) is 0 Å². The van der Waals surface area contributed by atoms with E-state index in [9.17, 15) is 4.39 Å². The van der Waals surface area contributed by atoms with Crippen LogP contribution < -0.4 is 5.73 Å². The van der Waals surface area contributed by atoms with Gasteiger partial charge in [0.1, 0.15) is 5.82 Å². The van der Waals surface area contributed by atoms with Crippen molar-refractivity contribution in [1.29, 1.82) is 0 Å². The average Bonchev–Trinajstić information content (AvgIpc) is 2.17. The molecule has 0 aromatic heterocycles. The summed E-state index contributed by atoms with van der Waals surface area (Å²) in [4.78, 5) is 0. The lowest BCUT2D eigenvalue weighted by Gasteiger charge is -2.07. The normalized spacial score (nSPS) is 11.6. The molecule has 2 heteroatoms. The molecule has 14 heavy (non-hydrogen) atoms. The van der Waals surface area contributed by atoms with Crippen LogP contribution in [0.1, 0.15) is 12.5 Å². The Morgan fingerprint density at radius 2 is 2.29 bits per heavy atom. The van der Waals surface area contributed by atoms with Crippen molar-refractivity contribution in [2.24, 2.45) is 11.7 Å². The van der Waals surface area contributed by atoms with E-state index in [1.165, 1.54) is 12.1 Å². The summed E-state index contributed by atoms with van der Waals surface area (Å²) in [5, 5.41) is 0. The van der Waals surface area contributed by atoms with Gasteiger partial charge in [-0.3, -0.25) is 0 Å². The Labute approximate surface area is 84.1 Å². The van der Waals surface area contributed by atoms with Gasteiger partial charge in [0.15, 0.2) is 0 Å². The third-order valence-electron chi connectivity index (χ3n) is 2.00. The molecule has 0 fully saturated rings. The second kappa shape index (κ2) is 5.41. The van der Waals surface area contributed by atoms with Gasteiger partial charge < -0.3 is 5.73 Å². The third kappa shape index (κ3) is 3.20. The van der Waals surface area contributed by atoms with Crippen molar-refractivity contribution in [2.45, 2.75) is 13.3 Å². The molecule has 0 bridgehead atoms. The Bertz CT molecular complexity index is 349. The van der Waals surface area contributed by atoms with Crippen molar-refractivity contribution in [3.63, 3.8) is 0 Å². The van der Waals surface area contributed by atoms with Crippen molar-refractivity contribution in [2.75, 3.05) is 6.54 Å². The van der Waals surface area contributed by atoms with Crippen LogP contribution in [0.3, 0.4) is 0 Å². The summed E-state index contributed by atoms with van der Waals surface area (Å²) < 4.78 is 12.8. The van der Waals surface area contributed by atoms with Crippen LogP contribution in [0, 0.1) is 23.6 Å². The summed E-state index contributed by atoms with van der Waals surface area (Å²) >= 11 is 0. The van der Waals surface area contributed by atoms with Gasteiger partial charge in [0, 0.05) is 12.5 Å². The Morgan fingerprint density at radius 3 is 2.86 bits per heavy atom. The maximum absolute atomic E-state index is 12.8. The molecule has 2 N–H and O–H groups in total. The highest BCUT2D eigenvalue weighted by Crippen LogP contribution is 2.09. The highest BCUT2D eigenvalue weighted by atomic mass is 19.1. The predicted octanol–water partition coefficient (Wildman–Crippen LogP) is 1.97. The SMILES string of the molecule is CC#CC(CN)Cc1cccc(F)c1. The monoisotopic (exact) mass is 191 g/mol. The Morgan fingerprint density at radius 1 is 1.50 bits per heavy atom. The third-order valence-corrected chi connectivity index (χ3v) is 2.00. The molecule has 0 saturated heterocycles. The van der Waals surface area contributed by atoms with E-state index in [1.54, 1.807) is 13.0 Å². The van der Waals surface area contributed by atoms with E-state index in [2.05, 4.69) is 11.8 Å². The molecule has 0 aliphatic heterocycles. The van der Waals surface area contributed by atoms with Gasteiger partial charge in [-0.1, -0.05) is 18.1 Å². The molecule has 1 atom stereocenters. The topological polar surface area (TPSA) is 26.0 Å². The summed E-state index contributed by atoms with van der Waals surface area (Å²) in [6, 6.07) is 6.56. The zero-order valence-electron chi connectivity index (χ0n) is 8.26. The van der Waals surface area contributed by atoms with Crippen LogP contribution in [0.25, 0.3) is 0 Å². The van der Waals surface area contributed by atoms with E-state index in [4.69, 9.17) is 5.73 Å². The molecule has 0 radical (unpaired) electrons. The molecule has 1 unspecified atom stereocenters. The number of hydrogen-bond donors (Lipinski definition) is 1. The molecule has 74 valence electrons. The molecule has 1 rings (SSSR count). The summed E-state index contributed by atoms with van der Waals surface area (Å²) in [6.45, 7) is 2.30. The van der Waals surface area contributed by atoms with E-state index in [0.29, 0.717) is 6.54 Å². The highest BCUT2D eigenvalue weighted by Gasteiger charge is 2.04. The van der Waals surface area contributed by atoms with E-state index < -0.39 is 0 Å². The van der Waals surface area contributed by atoms with Crippen LogP contribution in [-0.2, 0) is 6.42 Å². The van der Waals surface area contributed by atoms with Crippen molar-refractivity contribution in [1.82, 2.24) is 0 Å². The molecule has 0 aliphatic carbocycles. The number of nitrogens with two attached hydrogens (primary N) is 1. The van der Waals surface area contributed by atoms with Gasteiger partial charge in [0.25, 0.3) is 0 Å². The van der Waals surface area contributed by atoms with Gasteiger partial charge >= 0.3 is 0 Å². The standard InChI is InChI=1S/C12H14FN/c1-2-4-11(9-14)7-10-5-3-6-12(13)8-10/h3,5-6,8,11H,7,9,14H2,1H3. The maximum atomic E-state index is 12.8. The zero-order valence-corrected chi connectivity index (χ0v) is 8.26. The van der Waals surface area contributed by atoms with Gasteiger partial charge in [0.05, 0.1) is 0 Å². The molecule has 0 aliphatic rings. The lowest BCUT2D eigenvalue weighted by molar-refractivity contribution is 0.619. The van der Waals surface area contributed by atoms with Crippen molar-refractivity contribution in [3.05, 3.63) is 35.6 Å². The first-order valence-electron chi connectivity index (χ1n) is 4.63. The molecule has 1 aromatic carbocycles. The van der Waals surface area contributed by atoms with E-state index >= 15 is 0 Å². The molecule has 0 heterocycles. The Kier molecular flexibility index (Phi) is 4.15. The van der Waals surface area contributed by atoms with E-state index in [1.807, 2.05) is 6.07 Å². The van der Waals surface area contributed by atoms with Crippen LogP contribution in [0.2, 0.25) is 0 Å². The minimum atomic E-state index is -0.206. The number of hydrogen-bond acceptors (Lipinski definition) is 1. The summed E-state index contributed by atoms with van der Waals surface area (Å²) in [5.74, 6) is 5.75. The smallest absolute Gasteiger partial charge is 0.123 e. The fourth-order valence-electron chi connectivity index (χ4n) is 1.35. The molecule has 0 spiro atoms. The van der Waals surface area contributed by atoms with Crippen molar-refractivity contribution in [3.8, 4) is 11.8 Å². The molecule has 0 amide bonds. The summed E-state index contributed by atoms with van der Waals surface area (Å²) in [7, 11) is 0. The first-order valence-corrected chi connectivity index (χ1v) is 4.63. The summed E-state index contributed by atoms with van der Waals surface area (Å²) in [5.41, 5.74) is 6.50. The Balaban J connectivity index is 2.70. The number of rotatable bonds is 3. The molecular formula is C12H14FN. The second-order valence-corrected chi connectivity index (χ2v) is 3.16. The van der Waals surface area contributed by atoms with E-state index in [0.717, 1.165) is 12.0 Å². The van der Waals surface area contributed by atoms with Crippen LogP contribution in [-0.4, -0.2) is 6.54 Å². The summed E-state index contributed by atoms with van der Waals surface area (Å²) in [6.07, 6.45) is 0.717. The average molecular weight is 191 g/mol. The Hall–Kier alpha value is -1.33. The molecule has 1 nitrogen and oxygen atoms in total. The minimum Gasteiger partial charge on any atom is -0.329 e. The van der Waals surface area contributed by atoms with E-state index in [-0.39, 0.29) is 11.7 Å². The van der Waals surface area contributed by atoms with Gasteiger partial charge in [0.2, 0.25) is 0 Å². The minimum absolute atomic E-state index is 0.127. The quantitative estimate of drug-likeness (QED) is 0.726. The first-order chi connectivity index (χ1) is 6.76. The zero-order chi connectivity index (χ0) is 10.4. The lowest BCUT2D eigenvalue weighted by Crippen LogP contribution is -2.15. The fourth-order valence-corrected chi connectivity index (χ4v) is 1.35. The van der Waals surface area contributed by atoms with Crippen LogP contribution in [0.5, 0.6) is 0 Å². The predicted molar refractivity (Wildman–Crippen MR) is 56.1 cm³/mol. The lowest BCUT2D eigenvalue weighted by atomic mass is 10.00. The van der Waals surface area contributed by atoms with Gasteiger partial charge in [-0.25, -0.2) is 4.39 Å². The first kappa shape index (κ1) is 10.7. The highest BCUT2D eigenvalue weighted by molar-refractivity contribution is 5.19. The van der Waals surface area contributed by atoms with Gasteiger partial charge in [-0.05, 0) is 31.0 Å². The van der Waals surface area contributed by atoms with Crippen LogP contribution in [0.15, 0.2) is 24.3 Å². The maximum Gasteiger partial charge on any atom is 0.123 e. The second-order valence-electron chi connectivity index (χ2n) is 3.16. The number of benzene rings is 1. The van der Waals surface area contributed by atoms with Crippen LogP contribution in [0.4, 0.5) is 4.39 Å². The molecule has 1 aromatic rings. The molecule has 0 saturated carbocycles. The van der Waals surface area contributed by atoms with Gasteiger partial charge in [-0.15, -0.1) is 5.92 Å². The number of halogens is 1. The molecular weight excluding hydrogens is 177 g/mol. The van der Waals surface area contributed by atoms with Crippen LogP contribution >= 0.6 is 0 Å². The largest absolute Gasteiger partial charge is 0.329 e. The van der Waals surface area contributed by atoms with Crippen molar-refractivity contribution >= 4 is 0 Å². The fraction of sp³-hybridized carbons (Fsp3) is 0.333.